The molecule has 1 aromatic heterocycles. The Morgan fingerprint density at radius 2 is 1.90 bits per heavy atom. The van der Waals surface area contributed by atoms with E-state index >= 15 is 0 Å². The molecule has 0 saturated carbocycles. The molecule has 0 saturated heterocycles. The van der Waals surface area contributed by atoms with E-state index < -0.39 is 30.1 Å². The summed E-state index contributed by atoms with van der Waals surface area (Å²) >= 11 is 8.11. The van der Waals surface area contributed by atoms with Crippen molar-refractivity contribution in [2.45, 2.75) is 12.7 Å². The van der Waals surface area contributed by atoms with Gasteiger partial charge < -0.3 is 5.32 Å². The summed E-state index contributed by atoms with van der Waals surface area (Å²) in [6.07, 6.45) is -5.10. The minimum Gasteiger partial charge on any atom is -0.344 e. The molecule has 1 amide bonds. The second kappa shape index (κ2) is 8.14. The van der Waals surface area contributed by atoms with Crippen molar-refractivity contribution in [1.82, 2.24) is 20.1 Å². The highest BCUT2D eigenvalue weighted by molar-refractivity contribution is 14.1. The molecule has 12 heteroatoms. The lowest BCUT2D eigenvalue weighted by atomic mass is 10.2. The number of rotatable bonds is 4. The van der Waals surface area contributed by atoms with Gasteiger partial charge in [0.25, 0.3) is 0 Å². The Labute approximate surface area is 179 Å². The zero-order valence-electron chi connectivity index (χ0n) is 14.1. The Balaban J connectivity index is 1.96. The number of nitrogens with zero attached hydrogens (tertiary/aromatic N) is 2. The van der Waals surface area contributed by atoms with Crippen molar-refractivity contribution in [1.29, 1.82) is 0 Å². The van der Waals surface area contributed by atoms with Crippen LogP contribution in [0.3, 0.4) is 0 Å². The van der Waals surface area contributed by atoms with Gasteiger partial charge in [-0.15, -0.1) is 5.10 Å². The van der Waals surface area contributed by atoms with Crippen LogP contribution in [0.2, 0.25) is 5.02 Å². The van der Waals surface area contributed by atoms with E-state index in [-0.39, 0.29) is 22.1 Å². The van der Waals surface area contributed by atoms with Crippen molar-refractivity contribution in [3.63, 3.8) is 0 Å². The second-order valence-electron chi connectivity index (χ2n) is 5.77. The highest BCUT2D eigenvalue weighted by atomic mass is 127. The van der Waals surface area contributed by atoms with Crippen molar-refractivity contribution in [2.75, 3.05) is 0 Å². The van der Waals surface area contributed by atoms with Gasteiger partial charge in [-0.2, -0.15) is 17.9 Å². The summed E-state index contributed by atoms with van der Waals surface area (Å²) in [6, 6.07) is 8.95. The first-order chi connectivity index (χ1) is 13.6. The van der Waals surface area contributed by atoms with Crippen LogP contribution in [0.1, 0.15) is 5.56 Å². The lowest BCUT2D eigenvalue weighted by Gasteiger charge is -2.11. The van der Waals surface area contributed by atoms with E-state index in [0.717, 1.165) is 20.4 Å². The van der Waals surface area contributed by atoms with E-state index in [9.17, 15) is 27.2 Å². The van der Waals surface area contributed by atoms with Gasteiger partial charge in [-0.25, -0.2) is 9.18 Å². The Hall–Kier alpha value is -2.41. The third-order valence-electron chi connectivity index (χ3n) is 3.78. The predicted molar refractivity (Wildman–Crippen MR) is 105 cm³/mol. The summed E-state index contributed by atoms with van der Waals surface area (Å²) in [6.45, 7) is -0.752. The highest BCUT2D eigenvalue weighted by Gasteiger charge is 2.38. The van der Waals surface area contributed by atoms with Gasteiger partial charge in [-0.1, -0.05) is 23.7 Å². The molecule has 2 N–H and O–H groups in total. The van der Waals surface area contributed by atoms with Gasteiger partial charge in [0.2, 0.25) is 0 Å². The van der Waals surface area contributed by atoms with Crippen LogP contribution in [0.4, 0.5) is 17.6 Å². The third-order valence-corrected chi connectivity index (χ3v) is 4.80. The molecule has 3 aromatic rings. The Kier molecular flexibility index (Phi) is 5.98. The first-order valence-electron chi connectivity index (χ1n) is 7.85. The number of aromatic amines is 1. The maximum Gasteiger partial charge on any atom is 0.471 e. The SMILES string of the molecule is O=C(NCc1cc(-n2nc(-c3ccc(I)cc3)[nH]c2=O)c(Cl)cc1F)C(F)(F)F. The van der Waals surface area contributed by atoms with Gasteiger partial charge in [-0.3, -0.25) is 9.78 Å². The van der Waals surface area contributed by atoms with Crippen molar-refractivity contribution in [3.05, 3.63) is 66.9 Å². The van der Waals surface area contributed by atoms with Crippen LogP contribution in [0.15, 0.2) is 41.2 Å². The molecule has 0 spiro atoms. The van der Waals surface area contributed by atoms with E-state index in [1.54, 1.807) is 29.6 Å². The topological polar surface area (TPSA) is 79.8 Å². The molecule has 3 rings (SSSR count). The van der Waals surface area contributed by atoms with Crippen LogP contribution in [0, 0.1) is 9.39 Å². The minimum absolute atomic E-state index is 0.0534. The lowest BCUT2D eigenvalue weighted by molar-refractivity contribution is -0.173. The molecule has 0 aliphatic carbocycles. The predicted octanol–water partition coefficient (Wildman–Crippen LogP) is 3.80. The van der Waals surface area contributed by atoms with Crippen LogP contribution in [-0.2, 0) is 11.3 Å². The number of H-pyrrole nitrogens is 1. The van der Waals surface area contributed by atoms with E-state index in [1.165, 1.54) is 0 Å². The molecule has 29 heavy (non-hydrogen) atoms. The lowest BCUT2D eigenvalue weighted by Crippen LogP contribution is -2.36. The molecular weight excluding hydrogens is 531 g/mol. The molecule has 0 fully saturated rings. The average Bonchev–Trinajstić information content (AvgIpc) is 3.02. The molecule has 152 valence electrons. The molecular formula is C17H10ClF4IN4O2. The zero-order valence-corrected chi connectivity index (χ0v) is 17.1. The molecule has 0 unspecified atom stereocenters. The maximum atomic E-state index is 14.1. The number of benzene rings is 2. The Morgan fingerprint density at radius 1 is 1.24 bits per heavy atom. The Morgan fingerprint density at radius 3 is 2.52 bits per heavy atom. The number of hydrogen-bond donors (Lipinski definition) is 2. The summed E-state index contributed by atoms with van der Waals surface area (Å²) in [5.74, 6) is -2.94. The van der Waals surface area contributed by atoms with Crippen LogP contribution >= 0.6 is 34.2 Å². The quantitative estimate of drug-likeness (QED) is 0.390. The number of aromatic nitrogens is 3. The van der Waals surface area contributed by atoms with Gasteiger partial charge in [0.05, 0.1) is 10.7 Å². The van der Waals surface area contributed by atoms with Gasteiger partial charge in [0.1, 0.15) is 5.82 Å². The van der Waals surface area contributed by atoms with Gasteiger partial charge >= 0.3 is 17.8 Å². The standard InChI is InChI=1S/C17H10ClF4IN4O2/c18-11-6-12(19)9(7-24-15(28)17(20,21)22)5-13(11)27-16(29)25-14(26-27)8-1-3-10(23)4-2-8/h1-6H,7H2,(H,24,28)(H,25,26,29). The Bertz CT molecular complexity index is 1130. The zero-order chi connectivity index (χ0) is 21.3. The number of halogens is 6. The summed E-state index contributed by atoms with van der Waals surface area (Å²) in [5.41, 5.74) is -0.426. The average molecular weight is 541 g/mol. The molecule has 0 aliphatic rings. The molecule has 0 aliphatic heterocycles. The molecule has 1 heterocycles. The fourth-order valence-electron chi connectivity index (χ4n) is 2.38. The van der Waals surface area contributed by atoms with E-state index in [0.29, 0.717) is 5.56 Å². The van der Waals surface area contributed by atoms with Crippen LogP contribution < -0.4 is 11.0 Å². The van der Waals surface area contributed by atoms with Crippen molar-refractivity contribution < 1.29 is 22.4 Å². The van der Waals surface area contributed by atoms with E-state index in [2.05, 4.69) is 32.7 Å². The third kappa shape index (κ3) is 4.78. The van der Waals surface area contributed by atoms with Crippen LogP contribution in [0.5, 0.6) is 0 Å². The summed E-state index contributed by atoms with van der Waals surface area (Å²) < 4.78 is 52.9. The summed E-state index contributed by atoms with van der Waals surface area (Å²) in [7, 11) is 0. The fraction of sp³-hybridized carbons (Fsp3) is 0.118. The maximum absolute atomic E-state index is 14.1. The smallest absolute Gasteiger partial charge is 0.344 e. The first-order valence-corrected chi connectivity index (χ1v) is 9.30. The number of carbonyl (C=O) groups excluding carboxylic acids is 1. The van der Waals surface area contributed by atoms with Gasteiger partial charge in [-0.05, 0) is 46.9 Å². The van der Waals surface area contributed by atoms with E-state index in [4.69, 9.17) is 11.6 Å². The highest BCUT2D eigenvalue weighted by Crippen LogP contribution is 2.25. The number of amides is 1. The largest absolute Gasteiger partial charge is 0.471 e. The number of alkyl halides is 3. The van der Waals surface area contributed by atoms with Crippen LogP contribution in [-0.4, -0.2) is 26.8 Å². The first kappa shape index (κ1) is 21.3. The molecule has 6 nitrogen and oxygen atoms in total. The molecule has 0 radical (unpaired) electrons. The summed E-state index contributed by atoms with van der Waals surface area (Å²) in [4.78, 5) is 25.8. The van der Waals surface area contributed by atoms with E-state index in [1.807, 2.05) is 0 Å². The molecule has 0 bridgehead atoms. The number of hydrogen-bond acceptors (Lipinski definition) is 3. The molecule has 0 atom stereocenters. The van der Waals surface area contributed by atoms with Crippen molar-refractivity contribution >= 4 is 40.1 Å². The molecule has 2 aromatic carbocycles. The normalized spacial score (nSPS) is 11.5. The monoisotopic (exact) mass is 540 g/mol. The van der Waals surface area contributed by atoms with Crippen molar-refractivity contribution in [3.8, 4) is 17.1 Å². The van der Waals surface area contributed by atoms with Crippen LogP contribution in [0.25, 0.3) is 17.1 Å². The summed E-state index contributed by atoms with van der Waals surface area (Å²) in [5, 5.41) is 5.50. The number of nitrogens with one attached hydrogen (secondary N) is 2. The minimum atomic E-state index is -5.10. The van der Waals surface area contributed by atoms with Gasteiger partial charge in [0, 0.05) is 21.2 Å². The van der Waals surface area contributed by atoms with Gasteiger partial charge in [0.15, 0.2) is 5.82 Å². The van der Waals surface area contributed by atoms with Crippen molar-refractivity contribution in [2.24, 2.45) is 0 Å². The second-order valence-corrected chi connectivity index (χ2v) is 7.43. The fourth-order valence-corrected chi connectivity index (χ4v) is 2.97. The number of carbonyl (C=O) groups is 1.